The molecule has 3 N–H and O–H groups in total. The summed E-state index contributed by atoms with van der Waals surface area (Å²) in [6, 6.07) is 0. The molecule has 2 rings (SSSR count). The highest BCUT2D eigenvalue weighted by Gasteiger charge is 2.46. The third-order valence-corrected chi connectivity index (χ3v) is 4.05. The average molecular weight is 199 g/mol. The van der Waals surface area contributed by atoms with Crippen LogP contribution >= 0.6 is 0 Å². The summed E-state index contributed by atoms with van der Waals surface area (Å²) in [6.45, 7) is 3.00. The Labute approximate surface area is 85.6 Å². The Hall–Kier alpha value is -0.120. The molecule has 2 unspecified atom stereocenters. The topological polar surface area (TPSA) is 55.5 Å². The van der Waals surface area contributed by atoms with Crippen LogP contribution in [0.2, 0.25) is 0 Å². The van der Waals surface area contributed by atoms with E-state index in [0.29, 0.717) is 12.5 Å². The van der Waals surface area contributed by atoms with Gasteiger partial charge in [0.25, 0.3) is 0 Å². The highest BCUT2D eigenvalue weighted by atomic mass is 16.5. The summed E-state index contributed by atoms with van der Waals surface area (Å²) < 4.78 is 5.82. The summed E-state index contributed by atoms with van der Waals surface area (Å²) >= 11 is 0. The predicted molar refractivity (Wildman–Crippen MR) is 54.9 cm³/mol. The van der Waals surface area contributed by atoms with Crippen LogP contribution in [0.5, 0.6) is 0 Å². The Morgan fingerprint density at radius 1 is 1.57 bits per heavy atom. The van der Waals surface area contributed by atoms with Crippen molar-refractivity contribution >= 4 is 0 Å². The van der Waals surface area contributed by atoms with E-state index in [1.165, 1.54) is 19.3 Å². The SMILES string of the molecule is CC(O)(CN)C1CCOC2(CCC2)C1. The van der Waals surface area contributed by atoms with Crippen LogP contribution in [0, 0.1) is 5.92 Å². The highest BCUT2D eigenvalue weighted by Crippen LogP contribution is 2.46. The lowest BCUT2D eigenvalue weighted by molar-refractivity contribution is -0.170. The fourth-order valence-corrected chi connectivity index (χ4v) is 2.64. The number of rotatable bonds is 2. The van der Waals surface area contributed by atoms with Gasteiger partial charge in [0.1, 0.15) is 0 Å². The molecule has 1 aliphatic carbocycles. The molecule has 2 aliphatic rings. The molecule has 0 aromatic carbocycles. The molecule has 0 aromatic heterocycles. The molecule has 1 aliphatic heterocycles. The maximum atomic E-state index is 10.1. The van der Waals surface area contributed by atoms with Crippen molar-refractivity contribution in [3.05, 3.63) is 0 Å². The molecule has 3 nitrogen and oxygen atoms in total. The summed E-state index contributed by atoms with van der Waals surface area (Å²) in [4.78, 5) is 0. The van der Waals surface area contributed by atoms with Gasteiger partial charge in [-0.15, -0.1) is 0 Å². The molecule has 2 atom stereocenters. The maximum absolute atomic E-state index is 10.1. The van der Waals surface area contributed by atoms with Crippen LogP contribution in [0.25, 0.3) is 0 Å². The van der Waals surface area contributed by atoms with Crippen LogP contribution in [0.1, 0.15) is 39.0 Å². The summed E-state index contributed by atoms with van der Waals surface area (Å²) in [5.74, 6) is 0.321. The van der Waals surface area contributed by atoms with E-state index in [9.17, 15) is 5.11 Å². The van der Waals surface area contributed by atoms with Gasteiger partial charge < -0.3 is 15.6 Å². The highest BCUT2D eigenvalue weighted by molar-refractivity contribution is 4.98. The Morgan fingerprint density at radius 3 is 2.79 bits per heavy atom. The third kappa shape index (κ3) is 1.69. The van der Waals surface area contributed by atoms with Gasteiger partial charge in [0, 0.05) is 13.2 Å². The molecule has 2 fully saturated rings. The second-order valence-corrected chi connectivity index (χ2v) is 5.14. The van der Waals surface area contributed by atoms with E-state index in [1.54, 1.807) is 0 Å². The third-order valence-electron chi connectivity index (χ3n) is 4.05. The Morgan fingerprint density at radius 2 is 2.29 bits per heavy atom. The summed E-state index contributed by atoms with van der Waals surface area (Å²) in [6.07, 6.45) is 5.56. The van der Waals surface area contributed by atoms with E-state index in [0.717, 1.165) is 19.4 Å². The van der Waals surface area contributed by atoms with Gasteiger partial charge in [-0.25, -0.2) is 0 Å². The summed E-state index contributed by atoms with van der Waals surface area (Å²) in [5, 5.41) is 10.1. The minimum atomic E-state index is -0.702. The molecular formula is C11H21NO2. The quantitative estimate of drug-likeness (QED) is 0.699. The fraction of sp³-hybridized carbons (Fsp3) is 1.00. The minimum absolute atomic E-state index is 0.113. The maximum Gasteiger partial charge on any atom is 0.0771 e. The van der Waals surface area contributed by atoms with Crippen LogP contribution in [0.15, 0.2) is 0 Å². The number of nitrogens with two attached hydrogens (primary N) is 1. The van der Waals surface area contributed by atoms with Gasteiger partial charge in [0.2, 0.25) is 0 Å². The van der Waals surface area contributed by atoms with Crippen molar-refractivity contribution in [2.24, 2.45) is 11.7 Å². The lowest BCUT2D eigenvalue weighted by Crippen LogP contribution is -2.52. The van der Waals surface area contributed by atoms with Gasteiger partial charge in [-0.3, -0.25) is 0 Å². The molecule has 1 saturated heterocycles. The number of hydrogen-bond donors (Lipinski definition) is 2. The first-order chi connectivity index (χ1) is 6.58. The van der Waals surface area contributed by atoms with E-state index >= 15 is 0 Å². The lowest BCUT2D eigenvalue weighted by Gasteiger charge is -2.50. The molecule has 3 heteroatoms. The smallest absolute Gasteiger partial charge is 0.0771 e. The van der Waals surface area contributed by atoms with Crippen LogP contribution in [0.3, 0.4) is 0 Å². The van der Waals surface area contributed by atoms with Crippen LogP contribution in [-0.4, -0.2) is 29.5 Å². The van der Waals surface area contributed by atoms with Crippen molar-refractivity contribution in [1.82, 2.24) is 0 Å². The zero-order chi connectivity index (χ0) is 10.2. The van der Waals surface area contributed by atoms with Crippen molar-refractivity contribution in [3.8, 4) is 0 Å². The zero-order valence-corrected chi connectivity index (χ0v) is 8.96. The standard InChI is InChI=1S/C11H21NO2/c1-10(13,8-12)9-3-6-14-11(7-9)4-2-5-11/h9,13H,2-8,12H2,1H3. The van der Waals surface area contributed by atoms with Crippen LogP contribution < -0.4 is 5.73 Å². The van der Waals surface area contributed by atoms with E-state index in [2.05, 4.69) is 0 Å². The molecule has 1 spiro atoms. The van der Waals surface area contributed by atoms with Crippen molar-refractivity contribution in [1.29, 1.82) is 0 Å². The largest absolute Gasteiger partial charge is 0.389 e. The Balaban J connectivity index is 2.00. The van der Waals surface area contributed by atoms with Crippen LogP contribution in [0.4, 0.5) is 0 Å². The first kappa shape index (κ1) is 10.4. The summed E-state index contributed by atoms with van der Waals surface area (Å²) in [5.41, 5.74) is 5.01. The molecule has 1 saturated carbocycles. The second kappa shape index (κ2) is 3.47. The van der Waals surface area contributed by atoms with E-state index in [1.807, 2.05) is 6.92 Å². The van der Waals surface area contributed by atoms with Gasteiger partial charge in [-0.2, -0.15) is 0 Å². The molecular weight excluding hydrogens is 178 g/mol. The molecule has 0 aromatic rings. The van der Waals surface area contributed by atoms with Crippen molar-refractivity contribution in [2.45, 2.75) is 50.2 Å². The number of aliphatic hydroxyl groups is 1. The monoisotopic (exact) mass is 199 g/mol. The minimum Gasteiger partial charge on any atom is -0.389 e. The lowest BCUT2D eigenvalue weighted by atomic mass is 9.68. The van der Waals surface area contributed by atoms with E-state index in [4.69, 9.17) is 10.5 Å². The Kier molecular flexibility index (Phi) is 2.58. The normalized spacial score (nSPS) is 34.9. The van der Waals surface area contributed by atoms with Crippen LogP contribution in [-0.2, 0) is 4.74 Å². The molecule has 1 heterocycles. The average Bonchev–Trinajstić information content (AvgIpc) is 2.16. The van der Waals surface area contributed by atoms with Crippen molar-refractivity contribution < 1.29 is 9.84 Å². The first-order valence-electron chi connectivity index (χ1n) is 5.64. The van der Waals surface area contributed by atoms with E-state index in [-0.39, 0.29) is 5.60 Å². The van der Waals surface area contributed by atoms with Gasteiger partial charge in [-0.05, 0) is 44.9 Å². The van der Waals surface area contributed by atoms with Gasteiger partial charge >= 0.3 is 0 Å². The van der Waals surface area contributed by atoms with Crippen molar-refractivity contribution in [3.63, 3.8) is 0 Å². The number of hydrogen-bond acceptors (Lipinski definition) is 3. The molecule has 14 heavy (non-hydrogen) atoms. The van der Waals surface area contributed by atoms with Crippen molar-refractivity contribution in [2.75, 3.05) is 13.2 Å². The van der Waals surface area contributed by atoms with Gasteiger partial charge in [-0.1, -0.05) is 0 Å². The predicted octanol–water partition coefficient (Wildman–Crippen LogP) is 1.05. The molecule has 0 bridgehead atoms. The second-order valence-electron chi connectivity index (χ2n) is 5.14. The Bertz CT molecular complexity index is 211. The molecule has 0 amide bonds. The number of ether oxygens (including phenoxy) is 1. The van der Waals surface area contributed by atoms with Gasteiger partial charge in [0.15, 0.2) is 0 Å². The molecule has 0 radical (unpaired) electrons. The summed E-state index contributed by atoms with van der Waals surface area (Å²) in [7, 11) is 0. The molecule has 82 valence electrons. The van der Waals surface area contributed by atoms with E-state index < -0.39 is 5.60 Å². The zero-order valence-electron chi connectivity index (χ0n) is 8.96. The first-order valence-corrected chi connectivity index (χ1v) is 5.64. The van der Waals surface area contributed by atoms with Gasteiger partial charge in [0.05, 0.1) is 11.2 Å². The fourth-order valence-electron chi connectivity index (χ4n) is 2.64.